The molecule has 0 amide bonds. The van der Waals surface area contributed by atoms with E-state index in [4.69, 9.17) is 24.4 Å². The molecular weight excluding hydrogens is 204 g/mol. The summed E-state index contributed by atoms with van der Waals surface area (Å²) in [6, 6.07) is 0. The van der Waals surface area contributed by atoms with Gasteiger partial charge in [0.25, 0.3) is 0 Å². The van der Waals surface area contributed by atoms with Crippen molar-refractivity contribution in [3.05, 3.63) is 0 Å². The fourth-order valence-corrected chi connectivity index (χ4v) is 0.770. The Balaban J connectivity index is 3.38. The van der Waals surface area contributed by atoms with Crippen molar-refractivity contribution >= 4 is 5.97 Å². The Bertz CT molecular complexity index is 157. The molecule has 90 valence electrons. The standard InChI is InChI=1S/C9H18O6/c1-13-2-3-14-4-5-15-9(12)8(6-10)7-11/h8,10-11H,2-7H2,1H3. The molecule has 0 fully saturated rings. The molecule has 0 saturated carbocycles. The van der Waals surface area contributed by atoms with Gasteiger partial charge in [0, 0.05) is 7.11 Å². The fourth-order valence-electron chi connectivity index (χ4n) is 0.770. The average molecular weight is 222 g/mol. The van der Waals surface area contributed by atoms with E-state index in [1.165, 1.54) is 0 Å². The Morgan fingerprint density at radius 2 is 1.73 bits per heavy atom. The summed E-state index contributed by atoms with van der Waals surface area (Å²) < 4.78 is 14.5. The minimum atomic E-state index is -0.857. The average Bonchev–Trinajstić information content (AvgIpc) is 2.25. The lowest BCUT2D eigenvalue weighted by Crippen LogP contribution is -2.25. The molecule has 0 bridgehead atoms. The first-order valence-electron chi connectivity index (χ1n) is 4.71. The number of aliphatic hydroxyl groups is 2. The zero-order valence-electron chi connectivity index (χ0n) is 8.85. The number of esters is 1. The van der Waals surface area contributed by atoms with Crippen LogP contribution in [0.4, 0.5) is 0 Å². The molecule has 0 saturated heterocycles. The second-order valence-electron chi connectivity index (χ2n) is 2.83. The quantitative estimate of drug-likeness (QED) is 0.376. The molecule has 6 nitrogen and oxygen atoms in total. The van der Waals surface area contributed by atoms with E-state index >= 15 is 0 Å². The number of aliphatic hydroxyl groups excluding tert-OH is 2. The number of methoxy groups -OCH3 is 1. The Kier molecular flexibility index (Phi) is 9.40. The Labute approximate surface area is 88.7 Å². The first-order chi connectivity index (χ1) is 7.26. The summed E-state index contributed by atoms with van der Waals surface area (Å²) in [6.07, 6.45) is 0. The molecule has 15 heavy (non-hydrogen) atoms. The van der Waals surface area contributed by atoms with Crippen LogP contribution in [0.1, 0.15) is 0 Å². The number of rotatable bonds is 9. The molecular formula is C9H18O6. The Hall–Kier alpha value is -0.690. The third-order valence-electron chi connectivity index (χ3n) is 1.68. The minimum absolute atomic E-state index is 0.110. The van der Waals surface area contributed by atoms with E-state index in [1.807, 2.05) is 0 Å². The summed E-state index contributed by atoms with van der Waals surface area (Å²) in [7, 11) is 1.57. The van der Waals surface area contributed by atoms with Gasteiger partial charge < -0.3 is 24.4 Å². The fraction of sp³-hybridized carbons (Fsp3) is 0.889. The van der Waals surface area contributed by atoms with E-state index < -0.39 is 25.1 Å². The molecule has 0 aromatic rings. The van der Waals surface area contributed by atoms with Gasteiger partial charge in [0.1, 0.15) is 12.5 Å². The second kappa shape index (κ2) is 9.85. The van der Waals surface area contributed by atoms with Crippen LogP contribution in [0, 0.1) is 5.92 Å². The molecule has 2 N–H and O–H groups in total. The first kappa shape index (κ1) is 14.3. The van der Waals surface area contributed by atoms with E-state index in [1.54, 1.807) is 7.11 Å². The highest BCUT2D eigenvalue weighted by Crippen LogP contribution is 1.97. The largest absolute Gasteiger partial charge is 0.463 e. The van der Waals surface area contributed by atoms with Crippen molar-refractivity contribution in [1.82, 2.24) is 0 Å². The smallest absolute Gasteiger partial charge is 0.313 e. The van der Waals surface area contributed by atoms with Crippen molar-refractivity contribution in [1.29, 1.82) is 0 Å². The van der Waals surface area contributed by atoms with Crippen molar-refractivity contribution in [2.75, 3.05) is 46.8 Å². The molecule has 0 aromatic carbocycles. The van der Waals surface area contributed by atoms with Crippen LogP contribution >= 0.6 is 0 Å². The van der Waals surface area contributed by atoms with E-state index in [0.717, 1.165) is 0 Å². The molecule has 0 aliphatic rings. The SMILES string of the molecule is COCCOCCOC(=O)C(CO)CO. The van der Waals surface area contributed by atoms with Gasteiger partial charge in [-0.25, -0.2) is 0 Å². The summed E-state index contributed by atoms with van der Waals surface area (Å²) in [5, 5.41) is 17.3. The lowest BCUT2D eigenvalue weighted by Gasteiger charge is -2.10. The van der Waals surface area contributed by atoms with Crippen molar-refractivity contribution < 1.29 is 29.2 Å². The van der Waals surface area contributed by atoms with Gasteiger partial charge in [-0.2, -0.15) is 0 Å². The normalized spacial score (nSPS) is 10.7. The third-order valence-corrected chi connectivity index (χ3v) is 1.68. The van der Waals surface area contributed by atoms with Gasteiger partial charge in [-0.3, -0.25) is 4.79 Å². The maximum atomic E-state index is 11.1. The zero-order chi connectivity index (χ0) is 11.5. The van der Waals surface area contributed by atoms with Crippen molar-refractivity contribution in [3.63, 3.8) is 0 Å². The summed E-state index contributed by atoms with van der Waals surface area (Å²) in [5.41, 5.74) is 0. The Morgan fingerprint density at radius 1 is 1.13 bits per heavy atom. The van der Waals surface area contributed by atoms with Crippen LogP contribution in [0.15, 0.2) is 0 Å². The number of carbonyl (C=O) groups is 1. The molecule has 0 aliphatic carbocycles. The van der Waals surface area contributed by atoms with Crippen LogP contribution in [0.25, 0.3) is 0 Å². The van der Waals surface area contributed by atoms with Crippen LogP contribution in [-0.4, -0.2) is 62.9 Å². The van der Waals surface area contributed by atoms with Gasteiger partial charge in [0.2, 0.25) is 0 Å². The minimum Gasteiger partial charge on any atom is -0.463 e. The molecule has 0 rings (SSSR count). The number of hydrogen-bond acceptors (Lipinski definition) is 6. The molecule has 0 aromatic heterocycles. The number of ether oxygens (including phenoxy) is 3. The monoisotopic (exact) mass is 222 g/mol. The van der Waals surface area contributed by atoms with E-state index in [0.29, 0.717) is 13.2 Å². The molecule has 0 atom stereocenters. The third kappa shape index (κ3) is 7.26. The van der Waals surface area contributed by atoms with Crippen molar-refractivity contribution in [2.45, 2.75) is 0 Å². The molecule has 0 unspecified atom stereocenters. The molecule has 0 heterocycles. The second-order valence-corrected chi connectivity index (χ2v) is 2.83. The maximum Gasteiger partial charge on any atom is 0.313 e. The highest BCUT2D eigenvalue weighted by atomic mass is 16.6. The summed E-state index contributed by atoms with van der Waals surface area (Å²) in [4.78, 5) is 11.1. The van der Waals surface area contributed by atoms with Crippen LogP contribution in [-0.2, 0) is 19.0 Å². The van der Waals surface area contributed by atoms with E-state index in [-0.39, 0.29) is 13.2 Å². The molecule has 0 spiro atoms. The highest BCUT2D eigenvalue weighted by molar-refractivity contribution is 5.72. The van der Waals surface area contributed by atoms with Crippen molar-refractivity contribution in [3.8, 4) is 0 Å². The lowest BCUT2D eigenvalue weighted by molar-refractivity contribution is -0.153. The summed E-state index contributed by atoms with van der Waals surface area (Å²) in [5.74, 6) is -1.47. The molecule has 0 aliphatic heterocycles. The van der Waals surface area contributed by atoms with Gasteiger partial charge in [-0.05, 0) is 0 Å². The number of carbonyl (C=O) groups excluding carboxylic acids is 1. The Morgan fingerprint density at radius 3 is 2.27 bits per heavy atom. The highest BCUT2D eigenvalue weighted by Gasteiger charge is 2.17. The molecule has 0 radical (unpaired) electrons. The molecule has 6 heteroatoms. The number of hydrogen-bond donors (Lipinski definition) is 2. The lowest BCUT2D eigenvalue weighted by atomic mass is 10.2. The zero-order valence-corrected chi connectivity index (χ0v) is 8.85. The van der Waals surface area contributed by atoms with Crippen LogP contribution in [0.5, 0.6) is 0 Å². The van der Waals surface area contributed by atoms with Gasteiger partial charge in [-0.15, -0.1) is 0 Å². The predicted octanol–water partition coefficient (Wildman–Crippen LogP) is -1.21. The van der Waals surface area contributed by atoms with Gasteiger partial charge in [-0.1, -0.05) is 0 Å². The van der Waals surface area contributed by atoms with Gasteiger partial charge in [0.05, 0.1) is 33.0 Å². The predicted molar refractivity (Wildman–Crippen MR) is 51.3 cm³/mol. The maximum absolute atomic E-state index is 11.1. The van der Waals surface area contributed by atoms with Crippen LogP contribution in [0.3, 0.4) is 0 Å². The van der Waals surface area contributed by atoms with E-state index in [2.05, 4.69) is 0 Å². The topological polar surface area (TPSA) is 85.2 Å². The van der Waals surface area contributed by atoms with E-state index in [9.17, 15) is 4.79 Å². The van der Waals surface area contributed by atoms with Gasteiger partial charge in [0.15, 0.2) is 0 Å². The van der Waals surface area contributed by atoms with Crippen molar-refractivity contribution in [2.24, 2.45) is 5.92 Å². The first-order valence-corrected chi connectivity index (χ1v) is 4.71. The van der Waals surface area contributed by atoms with Crippen LogP contribution in [0.2, 0.25) is 0 Å². The summed E-state index contributed by atoms with van der Waals surface area (Å²) >= 11 is 0. The van der Waals surface area contributed by atoms with Gasteiger partial charge >= 0.3 is 5.97 Å². The van der Waals surface area contributed by atoms with Crippen LogP contribution < -0.4 is 0 Å². The summed E-state index contributed by atoms with van der Waals surface area (Å²) in [6.45, 7) is 0.485.